The molecule has 124 valence electrons. The van der Waals surface area contributed by atoms with E-state index in [1.54, 1.807) is 22.5 Å². The average Bonchev–Trinajstić information content (AvgIpc) is 3.09. The van der Waals surface area contributed by atoms with E-state index in [1.807, 2.05) is 23.9 Å². The van der Waals surface area contributed by atoms with Crippen molar-refractivity contribution in [2.24, 2.45) is 7.05 Å². The molecule has 0 N–H and O–H groups in total. The number of ether oxygens (including phenoxy) is 2. The minimum Gasteiger partial charge on any atom is -0.461 e. The molecule has 0 radical (unpaired) electrons. The molecule has 2 aromatic rings. The normalized spacial score (nSPS) is 15.1. The van der Waals surface area contributed by atoms with E-state index in [9.17, 15) is 9.59 Å². The molecular weight excluding hydrogens is 298 g/mol. The van der Waals surface area contributed by atoms with Crippen LogP contribution in [0.2, 0.25) is 0 Å². The molecule has 0 aliphatic carbocycles. The first-order valence-electron chi connectivity index (χ1n) is 7.79. The van der Waals surface area contributed by atoms with Gasteiger partial charge in [0, 0.05) is 26.3 Å². The van der Waals surface area contributed by atoms with Crippen LogP contribution in [-0.2, 0) is 27.9 Å². The molecule has 3 rings (SSSR count). The number of fused-ring (bicyclic) bond motifs is 1. The Balaban J connectivity index is 1.92. The van der Waals surface area contributed by atoms with Crippen molar-refractivity contribution in [3.63, 3.8) is 0 Å². The molecule has 0 saturated carbocycles. The van der Waals surface area contributed by atoms with Crippen LogP contribution in [0.1, 0.15) is 17.4 Å². The predicted molar refractivity (Wildman–Crippen MR) is 84.3 cm³/mol. The zero-order valence-electron chi connectivity index (χ0n) is 13.4. The van der Waals surface area contributed by atoms with E-state index in [2.05, 4.69) is 0 Å². The van der Waals surface area contributed by atoms with Crippen LogP contribution in [0.3, 0.4) is 0 Å². The van der Waals surface area contributed by atoms with Gasteiger partial charge in [0.2, 0.25) is 5.91 Å². The number of rotatable bonds is 4. The highest BCUT2D eigenvalue weighted by atomic mass is 16.5. The van der Waals surface area contributed by atoms with Gasteiger partial charge in [0.25, 0.3) is 0 Å². The second-order valence-electron chi connectivity index (χ2n) is 5.53. The van der Waals surface area contributed by atoms with Crippen LogP contribution >= 0.6 is 0 Å². The summed E-state index contributed by atoms with van der Waals surface area (Å²) in [7, 11) is 1.91. The molecule has 0 spiro atoms. The van der Waals surface area contributed by atoms with Gasteiger partial charge in [-0.2, -0.15) is 0 Å². The van der Waals surface area contributed by atoms with Crippen molar-refractivity contribution in [2.75, 3.05) is 32.9 Å². The summed E-state index contributed by atoms with van der Waals surface area (Å²) in [6, 6.07) is 3.69. The smallest absolute Gasteiger partial charge is 0.355 e. The van der Waals surface area contributed by atoms with Gasteiger partial charge in [-0.25, -0.2) is 4.79 Å². The van der Waals surface area contributed by atoms with Gasteiger partial charge >= 0.3 is 5.97 Å². The highest BCUT2D eigenvalue weighted by Crippen LogP contribution is 2.22. The Kier molecular flexibility index (Phi) is 4.38. The Morgan fingerprint density at radius 2 is 2.00 bits per heavy atom. The molecule has 1 saturated heterocycles. The fourth-order valence-corrected chi connectivity index (χ4v) is 2.86. The maximum atomic E-state index is 12.5. The van der Waals surface area contributed by atoms with Crippen LogP contribution in [0.4, 0.5) is 0 Å². The molecule has 3 heterocycles. The van der Waals surface area contributed by atoms with E-state index in [4.69, 9.17) is 9.47 Å². The quantitative estimate of drug-likeness (QED) is 0.789. The number of hydrogen-bond donors (Lipinski definition) is 0. The van der Waals surface area contributed by atoms with E-state index in [-0.39, 0.29) is 12.5 Å². The molecule has 0 aromatic carbocycles. The molecule has 23 heavy (non-hydrogen) atoms. The Labute approximate surface area is 134 Å². The Hall–Kier alpha value is -2.28. The van der Waals surface area contributed by atoms with Crippen LogP contribution in [0.5, 0.6) is 0 Å². The zero-order chi connectivity index (χ0) is 16.4. The molecule has 7 heteroatoms. The fourth-order valence-electron chi connectivity index (χ4n) is 2.86. The van der Waals surface area contributed by atoms with Gasteiger partial charge in [0.1, 0.15) is 12.2 Å². The van der Waals surface area contributed by atoms with Crippen molar-refractivity contribution in [3.05, 3.63) is 24.0 Å². The van der Waals surface area contributed by atoms with Gasteiger partial charge in [-0.3, -0.25) is 4.79 Å². The minimum absolute atomic E-state index is 0.0137. The highest BCUT2D eigenvalue weighted by molar-refractivity contribution is 5.96. The number of hydrogen-bond acceptors (Lipinski definition) is 4. The van der Waals surface area contributed by atoms with Crippen molar-refractivity contribution in [1.82, 2.24) is 14.0 Å². The monoisotopic (exact) mass is 319 g/mol. The number of esters is 1. The summed E-state index contributed by atoms with van der Waals surface area (Å²) < 4.78 is 14.1. The molecule has 0 bridgehead atoms. The molecule has 1 aliphatic heterocycles. The summed E-state index contributed by atoms with van der Waals surface area (Å²) >= 11 is 0. The first kappa shape index (κ1) is 15.6. The predicted octanol–water partition coefficient (Wildman–Crippen LogP) is 1.02. The lowest BCUT2D eigenvalue weighted by atomic mass is 10.3. The van der Waals surface area contributed by atoms with Crippen molar-refractivity contribution in [2.45, 2.75) is 13.5 Å². The molecule has 0 unspecified atom stereocenters. The lowest BCUT2D eigenvalue weighted by molar-refractivity contribution is -0.135. The van der Waals surface area contributed by atoms with Crippen molar-refractivity contribution >= 4 is 22.9 Å². The standard InChI is InChI=1S/C16H21N3O4/c1-3-23-16(21)14-10-13-12(4-5-17(13)2)19(14)11-15(20)18-6-8-22-9-7-18/h4-5,10H,3,6-9,11H2,1-2H3. The first-order chi connectivity index (χ1) is 11.1. The van der Waals surface area contributed by atoms with Crippen molar-refractivity contribution < 1.29 is 19.1 Å². The molecule has 2 aromatic heterocycles. The minimum atomic E-state index is -0.404. The second kappa shape index (κ2) is 6.45. The van der Waals surface area contributed by atoms with E-state index >= 15 is 0 Å². The maximum absolute atomic E-state index is 12.5. The largest absolute Gasteiger partial charge is 0.461 e. The van der Waals surface area contributed by atoms with E-state index < -0.39 is 5.97 Å². The van der Waals surface area contributed by atoms with Gasteiger partial charge in [0.05, 0.1) is 30.9 Å². The Morgan fingerprint density at radius 1 is 1.26 bits per heavy atom. The van der Waals surface area contributed by atoms with Gasteiger partial charge < -0.3 is 23.5 Å². The van der Waals surface area contributed by atoms with Gasteiger partial charge in [-0.15, -0.1) is 0 Å². The first-order valence-corrected chi connectivity index (χ1v) is 7.79. The van der Waals surface area contributed by atoms with Crippen LogP contribution < -0.4 is 0 Å². The van der Waals surface area contributed by atoms with E-state index in [1.165, 1.54) is 0 Å². The van der Waals surface area contributed by atoms with Gasteiger partial charge in [0.15, 0.2) is 0 Å². The number of aryl methyl sites for hydroxylation is 1. The fraction of sp³-hybridized carbons (Fsp3) is 0.500. The van der Waals surface area contributed by atoms with Gasteiger partial charge in [-0.05, 0) is 19.1 Å². The lowest BCUT2D eigenvalue weighted by Crippen LogP contribution is -2.42. The summed E-state index contributed by atoms with van der Waals surface area (Å²) in [5.41, 5.74) is 2.18. The third-order valence-electron chi connectivity index (χ3n) is 4.10. The molecular formula is C16H21N3O4. The molecule has 7 nitrogen and oxygen atoms in total. The summed E-state index contributed by atoms with van der Waals surface area (Å²) in [5, 5.41) is 0. The Morgan fingerprint density at radius 3 is 2.70 bits per heavy atom. The molecule has 0 atom stereocenters. The van der Waals surface area contributed by atoms with Crippen molar-refractivity contribution in [3.8, 4) is 0 Å². The average molecular weight is 319 g/mol. The maximum Gasteiger partial charge on any atom is 0.355 e. The molecule has 1 amide bonds. The third kappa shape index (κ3) is 2.96. The van der Waals surface area contributed by atoms with Crippen LogP contribution in [0, 0.1) is 0 Å². The number of aromatic nitrogens is 2. The summed E-state index contributed by atoms with van der Waals surface area (Å²) in [6.45, 7) is 4.49. The summed E-state index contributed by atoms with van der Waals surface area (Å²) in [4.78, 5) is 26.5. The van der Waals surface area contributed by atoms with Crippen LogP contribution in [0.15, 0.2) is 18.3 Å². The van der Waals surface area contributed by atoms with Crippen molar-refractivity contribution in [1.29, 1.82) is 0 Å². The number of morpholine rings is 1. The molecule has 1 aliphatic rings. The Bertz CT molecular complexity index is 725. The second-order valence-corrected chi connectivity index (χ2v) is 5.53. The number of amides is 1. The third-order valence-corrected chi connectivity index (χ3v) is 4.10. The number of carbonyl (C=O) groups is 2. The molecule has 1 fully saturated rings. The van der Waals surface area contributed by atoms with E-state index in [0.717, 1.165) is 11.0 Å². The summed E-state index contributed by atoms with van der Waals surface area (Å²) in [6.07, 6.45) is 1.91. The van der Waals surface area contributed by atoms with Gasteiger partial charge in [-0.1, -0.05) is 0 Å². The zero-order valence-corrected chi connectivity index (χ0v) is 13.4. The number of carbonyl (C=O) groups excluding carboxylic acids is 2. The highest BCUT2D eigenvalue weighted by Gasteiger charge is 2.23. The van der Waals surface area contributed by atoms with E-state index in [0.29, 0.717) is 38.6 Å². The summed E-state index contributed by atoms with van der Waals surface area (Å²) in [5.74, 6) is -0.418. The number of nitrogens with zero attached hydrogens (tertiary/aromatic N) is 3. The van der Waals surface area contributed by atoms with Crippen LogP contribution in [-0.4, -0.2) is 58.8 Å². The lowest BCUT2D eigenvalue weighted by Gasteiger charge is -2.27. The van der Waals surface area contributed by atoms with Crippen LogP contribution in [0.25, 0.3) is 11.0 Å². The topological polar surface area (TPSA) is 65.7 Å². The SMILES string of the molecule is CCOC(=O)c1cc2c(ccn2C)n1CC(=O)N1CCOCC1.